The summed E-state index contributed by atoms with van der Waals surface area (Å²) >= 11 is 0. The Morgan fingerprint density at radius 1 is 1.24 bits per heavy atom. The van der Waals surface area contributed by atoms with Crippen molar-refractivity contribution in [3.05, 3.63) is 18.5 Å². The molecule has 21 heavy (non-hydrogen) atoms. The molecule has 0 atom stereocenters. The lowest BCUT2D eigenvalue weighted by molar-refractivity contribution is 0.134. The summed E-state index contributed by atoms with van der Waals surface area (Å²) in [6.45, 7) is 4.29. The van der Waals surface area contributed by atoms with Gasteiger partial charge in [-0.05, 0) is 18.9 Å². The van der Waals surface area contributed by atoms with E-state index in [-0.39, 0.29) is 5.95 Å². The smallest absolute Gasteiger partial charge is 0.257 e. The fraction of sp³-hybridized carbons (Fsp3) is 0.500. The molecule has 9 nitrogen and oxygen atoms in total. The van der Waals surface area contributed by atoms with Crippen molar-refractivity contribution in [2.45, 2.75) is 19.8 Å². The number of nitrogen functional groups attached to an aromatic ring is 1. The zero-order valence-corrected chi connectivity index (χ0v) is 12.0. The molecule has 0 saturated heterocycles. The SMILES string of the molecule is CCCOCCCNc1nc(NN)nc(-n2cccn2)n1. The highest BCUT2D eigenvalue weighted by Crippen LogP contribution is 2.07. The highest BCUT2D eigenvalue weighted by atomic mass is 16.5. The van der Waals surface area contributed by atoms with Crippen LogP contribution in [0.4, 0.5) is 11.9 Å². The third-order valence-electron chi connectivity index (χ3n) is 2.56. The van der Waals surface area contributed by atoms with Crippen molar-refractivity contribution in [3.63, 3.8) is 0 Å². The Morgan fingerprint density at radius 3 is 2.81 bits per heavy atom. The summed E-state index contributed by atoms with van der Waals surface area (Å²) in [5.74, 6) is 6.49. The summed E-state index contributed by atoms with van der Waals surface area (Å²) in [4.78, 5) is 12.6. The molecule has 0 aromatic carbocycles. The lowest BCUT2D eigenvalue weighted by atomic mass is 10.4. The number of hydrazine groups is 1. The Hall–Kier alpha value is -2.26. The van der Waals surface area contributed by atoms with Crippen LogP contribution in [0, 0.1) is 0 Å². The normalized spacial score (nSPS) is 10.6. The Labute approximate surface area is 122 Å². The number of nitrogens with zero attached hydrogens (tertiary/aromatic N) is 5. The van der Waals surface area contributed by atoms with Gasteiger partial charge in [0.2, 0.25) is 11.9 Å². The number of nitrogens with two attached hydrogens (primary N) is 1. The van der Waals surface area contributed by atoms with E-state index in [0.717, 1.165) is 19.4 Å². The molecular formula is C12H20N8O. The Balaban J connectivity index is 1.94. The number of aromatic nitrogens is 5. The Kier molecular flexibility index (Phi) is 5.85. The number of hydrogen-bond donors (Lipinski definition) is 3. The Morgan fingerprint density at radius 2 is 2.10 bits per heavy atom. The van der Waals surface area contributed by atoms with Crippen molar-refractivity contribution in [2.24, 2.45) is 5.84 Å². The molecule has 0 radical (unpaired) electrons. The molecule has 2 aromatic rings. The summed E-state index contributed by atoms with van der Waals surface area (Å²) in [5.41, 5.74) is 2.42. The molecule has 0 amide bonds. The van der Waals surface area contributed by atoms with Crippen LogP contribution < -0.4 is 16.6 Å². The number of hydrogen-bond acceptors (Lipinski definition) is 8. The predicted molar refractivity (Wildman–Crippen MR) is 79.0 cm³/mol. The average Bonchev–Trinajstić information content (AvgIpc) is 3.05. The van der Waals surface area contributed by atoms with Crippen molar-refractivity contribution in [1.29, 1.82) is 0 Å². The van der Waals surface area contributed by atoms with E-state index in [4.69, 9.17) is 10.6 Å². The zero-order valence-electron chi connectivity index (χ0n) is 12.0. The predicted octanol–water partition coefficient (Wildman–Crippen LogP) is 0.572. The zero-order chi connectivity index (χ0) is 14.9. The highest BCUT2D eigenvalue weighted by molar-refractivity contribution is 5.36. The van der Waals surface area contributed by atoms with Gasteiger partial charge in [0.05, 0.1) is 0 Å². The van der Waals surface area contributed by atoms with Crippen molar-refractivity contribution in [2.75, 3.05) is 30.5 Å². The first kappa shape index (κ1) is 15.1. The third kappa shape index (κ3) is 4.65. The van der Waals surface area contributed by atoms with Crippen LogP contribution >= 0.6 is 0 Å². The van der Waals surface area contributed by atoms with Crippen LogP contribution in [0.25, 0.3) is 5.95 Å². The van der Waals surface area contributed by atoms with E-state index in [9.17, 15) is 0 Å². The summed E-state index contributed by atoms with van der Waals surface area (Å²) in [5, 5.41) is 7.20. The second-order valence-electron chi connectivity index (χ2n) is 4.27. The van der Waals surface area contributed by atoms with E-state index < -0.39 is 0 Å². The van der Waals surface area contributed by atoms with Crippen LogP contribution in [-0.2, 0) is 4.74 Å². The molecule has 0 spiro atoms. The van der Waals surface area contributed by atoms with Crippen LogP contribution in [0.3, 0.4) is 0 Å². The Bertz CT molecular complexity index is 530. The van der Waals surface area contributed by atoms with Gasteiger partial charge in [-0.2, -0.15) is 20.1 Å². The van der Waals surface area contributed by atoms with E-state index in [2.05, 4.69) is 37.7 Å². The van der Waals surface area contributed by atoms with Crippen molar-refractivity contribution < 1.29 is 4.74 Å². The van der Waals surface area contributed by atoms with Gasteiger partial charge in [0.25, 0.3) is 5.95 Å². The molecule has 0 bridgehead atoms. The topological polar surface area (TPSA) is 116 Å². The van der Waals surface area contributed by atoms with Crippen molar-refractivity contribution in [1.82, 2.24) is 24.7 Å². The van der Waals surface area contributed by atoms with Gasteiger partial charge >= 0.3 is 0 Å². The monoisotopic (exact) mass is 292 g/mol. The molecule has 0 fully saturated rings. The lowest BCUT2D eigenvalue weighted by Gasteiger charge is -2.08. The average molecular weight is 292 g/mol. The molecular weight excluding hydrogens is 272 g/mol. The number of anilines is 2. The van der Waals surface area contributed by atoms with Crippen LogP contribution in [0.5, 0.6) is 0 Å². The molecule has 0 aliphatic heterocycles. The lowest BCUT2D eigenvalue weighted by Crippen LogP contribution is -2.16. The van der Waals surface area contributed by atoms with Gasteiger partial charge in [0.1, 0.15) is 0 Å². The summed E-state index contributed by atoms with van der Waals surface area (Å²) in [6, 6.07) is 1.79. The van der Waals surface area contributed by atoms with Gasteiger partial charge < -0.3 is 10.1 Å². The molecule has 4 N–H and O–H groups in total. The molecule has 114 valence electrons. The van der Waals surface area contributed by atoms with E-state index in [1.807, 2.05) is 0 Å². The van der Waals surface area contributed by atoms with E-state index in [1.54, 1.807) is 18.5 Å². The van der Waals surface area contributed by atoms with E-state index >= 15 is 0 Å². The fourth-order valence-electron chi connectivity index (χ4n) is 1.62. The second-order valence-corrected chi connectivity index (χ2v) is 4.27. The first-order chi connectivity index (χ1) is 10.3. The van der Waals surface area contributed by atoms with Gasteiger partial charge in [0, 0.05) is 32.2 Å². The molecule has 0 aliphatic carbocycles. The van der Waals surface area contributed by atoms with Gasteiger partial charge in [0.15, 0.2) is 0 Å². The first-order valence-electron chi connectivity index (χ1n) is 6.87. The maximum atomic E-state index is 5.41. The van der Waals surface area contributed by atoms with Gasteiger partial charge in [-0.1, -0.05) is 6.92 Å². The summed E-state index contributed by atoms with van der Waals surface area (Å²) in [6.07, 6.45) is 5.29. The number of nitrogens with one attached hydrogen (secondary N) is 2. The van der Waals surface area contributed by atoms with Crippen LogP contribution in [0.15, 0.2) is 18.5 Å². The molecule has 9 heteroatoms. The second kappa shape index (κ2) is 8.12. The van der Waals surface area contributed by atoms with Gasteiger partial charge in [-0.15, -0.1) is 0 Å². The maximum Gasteiger partial charge on any atom is 0.257 e. The minimum atomic E-state index is 0.278. The summed E-state index contributed by atoms with van der Waals surface area (Å²) < 4.78 is 6.95. The standard InChI is InChI=1S/C12H20N8O/c1-2-8-21-9-4-5-14-10-16-11(19-13)18-12(17-10)20-7-3-6-15-20/h3,6-7H,2,4-5,8-9,13H2,1H3,(H2,14,16,17,18,19). The van der Waals surface area contributed by atoms with Crippen LogP contribution in [-0.4, -0.2) is 44.5 Å². The van der Waals surface area contributed by atoms with Gasteiger partial charge in [-0.3, -0.25) is 5.43 Å². The van der Waals surface area contributed by atoms with E-state index in [1.165, 1.54) is 4.68 Å². The first-order valence-corrected chi connectivity index (χ1v) is 6.87. The van der Waals surface area contributed by atoms with Gasteiger partial charge in [-0.25, -0.2) is 10.5 Å². The highest BCUT2D eigenvalue weighted by Gasteiger charge is 2.07. The molecule has 2 heterocycles. The largest absolute Gasteiger partial charge is 0.381 e. The van der Waals surface area contributed by atoms with E-state index in [0.29, 0.717) is 25.0 Å². The minimum absolute atomic E-state index is 0.278. The number of rotatable bonds is 9. The van der Waals surface area contributed by atoms with Crippen LogP contribution in [0.1, 0.15) is 19.8 Å². The van der Waals surface area contributed by atoms with Crippen LogP contribution in [0.2, 0.25) is 0 Å². The summed E-state index contributed by atoms with van der Waals surface area (Å²) in [7, 11) is 0. The quantitative estimate of drug-likeness (QED) is 0.349. The third-order valence-corrected chi connectivity index (χ3v) is 2.56. The maximum absolute atomic E-state index is 5.41. The fourth-order valence-corrected chi connectivity index (χ4v) is 1.62. The molecule has 2 rings (SSSR count). The van der Waals surface area contributed by atoms with Crippen molar-refractivity contribution >= 4 is 11.9 Å². The molecule has 0 aliphatic rings. The molecule has 0 saturated carbocycles. The minimum Gasteiger partial charge on any atom is -0.381 e. The number of ether oxygens (including phenoxy) is 1. The molecule has 2 aromatic heterocycles. The molecule has 0 unspecified atom stereocenters. The van der Waals surface area contributed by atoms with Crippen molar-refractivity contribution in [3.8, 4) is 5.95 Å².